The zero-order valence-corrected chi connectivity index (χ0v) is 7.01. The van der Waals surface area contributed by atoms with E-state index in [-0.39, 0.29) is 12.5 Å². The predicted octanol–water partition coefficient (Wildman–Crippen LogP) is 0.0931. The first-order chi connectivity index (χ1) is 4.41. The minimum absolute atomic E-state index is 0.0463. The molecule has 1 N–H and O–H groups in total. The molecule has 0 bridgehead atoms. The van der Waals surface area contributed by atoms with Gasteiger partial charge >= 0.3 is 0 Å². The van der Waals surface area contributed by atoms with E-state index in [1.165, 1.54) is 4.90 Å². The lowest BCUT2D eigenvalue weighted by Gasteiger charge is -2.24. The van der Waals surface area contributed by atoms with Gasteiger partial charge in [-0.15, -0.1) is 0 Å². The van der Waals surface area contributed by atoms with E-state index in [2.05, 4.69) is 0 Å². The van der Waals surface area contributed by atoms with Crippen LogP contribution in [0.5, 0.6) is 0 Å². The zero-order chi connectivity index (χ0) is 8.36. The summed E-state index contributed by atoms with van der Waals surface area (Å²) in [4.78, 5) is 12.6. The maximum atomic E-state index is 11.2. The second-order valence-corrected chi connectivity index (χ2v) is 3.24. The summed E-state index contributed by atoms with van der Waals surface area (Å²) in [5.41, 5.74) is -0.635. The number of carbonyl (C=O) groups excluding carboxylic acids is 1. The highest BCUT2D eigenvalue weighted by molar-refractivity contribution is 5.81. The molecular weight excluding hydrogens is 130 g/mol. The standard InChI is InChI=1S/C7H15NO2/c1-7(2,5-9)6(10)8(3)4/h9H,5H2,1-4H3. The number of aliphatic hydroxyl groups excluding tert-OH is 1. The summed E-state index contributed by atoms with van der Waals surface area (Å²) in [5.74, 6) is -0.0463. The largest absolute Gasteiger partial charge is 0.395 e. The highest BCUT2D eigenvalue weighted by Gasteiger charge is 2.27. The van der Waals surface area contributed by atoms with Crippen molar-refractivity contribution in [3.8, 4) is 0 Å². The van der Waals surface area contributed by atoms with Crippen molar-refractivity contribution in [2.75, 3.05) is 20.7 Å². The van der Waals surface area contributed by atoms with Gasteiger partial charge in [0.05, 0.1) is 12.0 Å². The van der Waals surface area contributed by atoms with E-state index in [1.54, 1.807) is 27.9 Å². The van der Waals surface area contributed by atoms with Gasteiger partial charge in [0.1, 0.15) is 0 Å². The molecule has 0 aromatic heterocycles. The lowest BCUT2D eigenvalue weighted by atomic mass is 9.93. The Balaban J connectivity index is 4.19. The molecular formula is C7H15NO2. The average Bonchev–Trinajstić information content (AvgIpc) is 1.86. The number of nitrogens with zero attached hydrogens (tertiary/aromatic N) is 1. The van der Waals surface area contributed by atoms with Crippen LogP contribution >= 0.6 is 0 Å². The molecule has 1 amide bonds. The van der Waals surface area contributed by atoms with Crippen molar-refractivity contribution in [3.05, 3.63) is 0 Å². The van der Waals surface area contributed by atoms with Crippen molar-refractivity contribution in [2.45, 2.75) is 13.8 Å². The van der Waals surface area contributed by atoms with Crippen LogP contribution in [-0.4, -0.2) is 36.6 Å². The number of hydrogen-bond donors (Lipinski definition) is 1. The van der Waals surface area contributed by atoms with Crippen molar-refractivity contribution in [1.82, 2.24) is 4.90 Å². The summed E-state index contributed by atoms with van der Waals surface area (Å²) in [6.45, 7) is 3.33. The van der Waals surface area contributed by atoms with Gasteiger partial charge in [-0.25, -0.2) is 0 Å². The normalized spacial score (nSPS) is 11.3. The van der Waals surface area contributed by atoms with Crippen LogP contribution in [0.2, 0.25) is 0 Å². The molecule has 0 heterocycles. The Labute approximate surface area is 61.6 Å². The van der Waals surface area contributed by atoms with Crippen molar-refractivity contribution in [2.24, 2.45) is 5.41 Å². The summed E-state index contributed by atoms with van der Waals surface area (Å²) in [6.07, 6.45) is 0. The fourth-order valence-corrected chi connectivity index (χ4v) is 0.673. The van der Waals surface area contributed by atoms with Crippen LogP contribution in [0.1, 0.15) is 13.8 Å². The molecule has 0 saturated heterocycles. The first-order valence-electron chi connectivity index (χ1n) is 3.24. The van der Waals surface area contributed by atoms with Gasteiger partial charge in [-0.2, -0.15) is 0 Å². The van der Waals surface area contributed by atoms with E-state index in [0.29, 0.717) is 0 Å². The Morgan fingerprint density at radius 3 is 2.00 bits per heavy atom. The third-order valence-corrected chi connectivity index (χ3v) is 1.38. The summed E-state index contributed by atoms with van der Waals surface area (Å²) in [5, 5.41) is 8.77. The van der Waals surface area contributed by atoms with E-state index >= 15 is 0 Å². The Kier molecular flexibility index (Phi) is 2.84. The van der Waals surface area contributed by atoms with Crippen LogP contribution in [-0.2, 0) is 4.79 Å². The Hall–Kier alpha value is -0.570. The SMILES string of the molecule is CN(C)C(=O)C(C)(C)CO. The van der Waals surface area contributed by atoms with E-state index in [0.717, 1.165) is 0 Å². The van der Waals surface area contributed by atoms with Crippen LogP contribution in [0.3, 0.4) is 0 Å². The minimum Gasteiger partial charge on any atom is -0.395 e. The lowest BCUT2D eigenvalue weighted by molar-refractivity contribution is -0.139. The second kappa shape index (κ2) is 3.01. The number of aliphatic hydroxyl groups is 1. The third-order valence-electron chi connectivity index (χ3n) is 1.38. The molecule has 0 aliphatic rings. The molecule has 0 saturated carbocycles. The van der Waals surface area contributed by atoms with E-state index in [1.807, 2.05) is 0 Å². The number of carbonyl (C=O) groups is 1. The molecule has 0 aliphatic heterocycles. The molecule has 0 aromatic rings. The van der Waals surface area contributed by atoms with Gasteiger partial charge in [-0.1, -0.05) is 0 Å². The van der Waals surface area contributed by atoms with Crippen molar-refractivity contribution >= 4 is 5.91 Å². The second-order valence-electron chi connectivity index (χ2n) is 3.24. The molecule has 0 aromatic carbocycles. The van der Waals surface area contributed by atoms with Gasteiger partial charge < -0.3 is 10.0 Å². The van der Waals surface area contributed by atoms with Crippen LogP contribution in [0.25, 0.3) is 0 Å². The molecule has 0 unspecified atom stereocenters. The highest BCUT2D eigenvalue weighted by atomic mass is 16.3. The minimum atomic E-state index is -0.635. The predicted molar refractivity (Wildman–Crippen MR) is 39.6 cm³/mol. The van der Waals surface area contributed by atoms with Crippen LogP contribution in [0, 0.1) is 5.41 Å². The molecule has 10 heavy (non-hydrogen) atoms. The molecule has 0 aliphatic carbocycles. The van der Waals surface area contributed by atoms with Gasteiger partial charge in [-0.05, 0) is 13.8 Å². The molecule has 3 heteroatoms. The molecule has 0 atom stereocenters. The van der Waals surface area contributed by atoms with Crippen LogP contribution in [0.15, 0.2) is 0 Å². The quantitative estimate of drug-likeness (QED) is 0.598. The highest BCUT2D eigenvalue weighted by Crippen LogP contribution is 2.15. The third kappa shape index (κ3) is 1.99. The zero-order valence-electron chi connectivity index (χ0n) is 7.01. The van der Waals surface area contributed by atoms with Crippen LogP contribution in [0.4, 0.5) is 0 Å². The van der Waals surface area contributed by atoms with Crippen molar-refractivity contribution < 1.29 is 9.90 Å². The number of rotatable bonds is 2. The fraction of sp³-hybridized carbons (Fsp3) is 0.857. The van der Waals surface area contributed by atoms with Crippen LogP contribution < -0.4 is 0 Å². The number of amides is 1. The Morgan fingerprint density at radius 1 is 1.50 bits per heavy atom. The summed E-state index contributed by atoms with van der Waals surface area (Å²) in [7, 11) is 3.36. The maximum Gasteiger partial charge on any atom is 0.230 e. The average molecular weight is 145 g/mol. The summed E-state index contributed by atoms with van der Waals surface area (Å²) >= 11 is 0. The topological polar surface area (TPSA) is 40.5 Å². The molecule has 0 radical (unpaired) electrons. The molecule has 60 valence electrons. The Morgan fingerprint density at radius 2 is 1.90 bits per heavy atom. The fourth-order valence-electron chi connectivity index (χ4n) is 0.673. The van der Waals surface area contributed by atoms with Crippen molar-refractivity contribution in [1.29, 1.82) is 0 Å². The van der Waals surface area contributed by atoms with E-state index in [9.17, 15) is 4.79 Å². The van der Waals surface area contributed by atoms with E-state index in [4.69, 9.17) is 5.11 Å². The number of hydrogen-bond acceptors (Lipinski definition) is 2. The lowest BCUT2D eigenvalue weighted by Crippen LogP contribution is -2.38. The Bertz CT molecular complexity index is 130. The molecule has 0 fully saturated rings. The van der Waals surface area contributed by atoms with Gasteiger partial charge in [-0.3, -0.25) is 4.79 Å². The van der Waals surface area contributed by atoms with E-state index < -0.39 is 5.41 Å². The molecule has 3 nitrogen and oxygen atoms in total. The first-order valence-corrected chi connectivity index (χ1v) is 3.24. The monoisotopic (exact) mass is 145 g/mol. The van der Waals surface area contributed by atoms with Gasteiger partial charge in [0.2, 0.25) is 5.91 Å². The molecule has 0 spiro atoms. The summed E-state index contributed by atoms with van der Waals surface area (Å²) in [6, 6.07) is 0. The smallest absolute Gasteiger partial charge is 0.230 e. The maximum absolute atomic E-state index is 11.2. The van der Waals surface area contributed by atoms with Gasteiger partial charge in [0, 0.05) is 14.1 Å². The van der Waals surface area contributed by atoms with Gasteiger partial charge in [0.25, 0.3) is 0 Å². The first kappa shape index (κ1) is 9.43. The summed E-state index contributed by atoms with van der Waals surface area (Å²) < 4.78 is 0. The van der Waals surface area contributed by atoms with Gasteiger partial charge in [0.15, 0.2) is 0 Å². The van der Waals surface area contributed by atoms with Crippen molar-refractivity contribution in [3.63, 3.8) is 0 Å². The molecule has 0 rings (SSSR count).